The Morgan fingerprint density at radius 2 is 1.22 bits per heavy atom. The van der Waals surface area contributed by atoms with Crippen molar-refractivity contribution in [2.45, 2.75) is 61.4 Å². The minimum atomic E-state index is -2.14. The van der Waals surface area contributed by atoms with Crippen LogP contribution in [0.2, 0.25) is 0 Å². The topological polar surface area (TPSA) is 229 Å². The van der Waals surface area contributed by atoms with Gasteiger partial charge in [-0.05, 0) is 0 Å². The zero-order valence-corrected chi connectivity index (χ0v) is 18.3. The van der Waals surface area contributed by atoms with Crippen molar-refractivity contribution in [2.24, 2.45) is 0 Å². The van der Waals surface area contributed by atoms with E-state index >= 15 is 0 Å². The van der Waals surface area contributed by atoms with Crippen LogP contribution in [0.15, 0.2) is 0 Å². The molecule has 27 heavy (non-hydrogen) atoms. The molecule has 144 valence electrons. The average molecular weight is 414 g/mol. The van der Waals surface area contributed by atoms with Gasteiger partial charge in [0.1, 0.15) is 48.8 Å². The Kier molecular flexibility index (Phi) is 11.3. The molecule has 0 radical (unpaired) electrons. The SMILES string of the molecule is O=C([O-])C1O[C@@H](O[C@H]2C(C(=O)[O-])O[C@@H](O)C(O)[C@H]2O)C(O)[C@@H](O)[C@H]1O.[Na+].[Na+]. The van der Waals surface area contributed by atoms with E-state index in [2.05, 4.69) is 4.74 Å². The first kappa shape index (κ1) is 27.6. The van der Waals surface area contributed by atoms with Gasteiger partial charge in [0.05, 0.1) is 11.9 Å². The molecule has 0 aromatic rings. The van der Waals surface area contributed by atoms with Gasteiger partial charge in [-0.15, -0.1) is 0 Å². The predicted octanol–water partition coefficient (Wildman–Crippen LogP) is -13.9. The van der Waals surface area contributed by atoms with E-state index in [0.29, 0.717) is 0 Å². The van der Waals surface area contributed by atoms with Crippen LogP contribution in [0.4, 0.5) is 0 Å². The summed E-state index contributed by atoms with van der Waals surface area (Å²) < 4.78 is 14.2. The molecule has 2 aliphatic rings. The number of rotatable bonds is 4. The Labute approximate surface area is 196 Å². The van der Waals surface area contributed by atoms with Crippen molar-refractivity contribution < 1.29 is 124 Å². The number of carbonyl (C=O) groups is 2. The molecule has 0 aliphatic carbocycles. The minimum Gasteiger partial charge on any atom is -0.547 e. The number of carbonyl (C=O) groups excluding carboxylic acids is 2. The Morgan fingerprint density at radius 1 is 0.704 bits per heavy atom. The van der Waals surface area contributed by atoms with Crippen LogP contribution in [0.1, 0.15) is 0 Å². The van der Waals surface area contributed by atoms with Crippen LogP contribution in [-0.4, -0.2) is 104 Å². The molecule has 0 spiro atoms. The molecule has 2 heterocycles. The van der Waals surface area contributed by atoms with Gasteiger partial charge in [0.15, 0.2) is 12.6 Å². The van der Waals surface area contributed by atoms with E-state index in [4.69, 9.17) is 9.47 Å². The standard InChI is InChI=1S/C12H18O13.2Na/c13-1-2(14)7(9(18)19)25-12(5(1)17)24-6-3(15)4(16)11(22)23-8(6)10(20)21;;/h1-8,11-17,22H,(H,18,19)(H,20,21);;/q;2*+1/p-2/t1-,2+,3+,4?,5?,6+,7?,8?,11+,12+;;/m0../s1. The first-order valence-corrected chi connectivity index (χ1v) is 7.02. The number of aliphatic hydroxyl groups is 6. The molecule has 0 saturated carbocycles. The van der Waals surface area contributed by atoms with Crippen LogP contribution >= 0.6 is 0 Å². The van der Waals surface area contributed by atoms with Crippen LogP contribution < -0.4 is 69.3 Å². The number of hydrogen-bond donors (Lipinski definition) is 6. The van der Waals surface area contributed by atoms with Gasteiger partial charge in [-0.1, -0.05) is 0 Å². The van der Waals surface area contributed by atoms with Crippen LogP contribution in [0.5, 0.6) is 0 Å². The van der Waals surface area contributed by atoms with E-state index < -0.39 is 73.4 Å². The van der Waals surface area contributed by atoms with Crippen molar-refractivity contribution >= 4 is 11.9 Å². The second-order valence-corrected chi connectivity index (χ2v) is 5.56. The van der Waals surface area contributed by atoms with E-state index in [-0.39, 0.29) is 59.1 Å². The molecule has 13 nitrogen and oxygen atoms in total. The van der Waals surface area contributed by atoms with Gasteiger partial charge in [-0.2, -0.15) is 0 Å². The summed E-state index contributed by atoms with van der Waals surface area (Å²) in [6.45, 7) is 0. The molecule has 10 atom stereocenters. The molecule has 0 aromatic heterocycles. The largest absolute Gasteiger partial charge is 1.00 e. The normalized spacial score (nSPS) is 44.5. The van der Waals surface area contributed by atoms with Gasteiger partial charge in [0, 0.05) is 0 Å². The van der Waals surface area contributed by atoms with Crippen LogP contribution in [0.25, 0.3) is 0 Å². The van der Waals surface area contributed by atoms with Gasteiger partial charge in [-0.3, -0.25) is 0 Å². The maximum Gasteiger partial charge on any atom is 1.00 e. The molecule has 2 aliphatic heterocycles. The van der Waals surface area contributed by atoms with Crippen molar-refractivity contribution in [1.29, 1.82) is 0 Å². The van der Waals surface area contributed by atoms with Crippen LogP contribution in [-0.2, 0) is 23.8 Å². The number of aliphatic carboxylic acids is 2. The minimum absolute atomic E-state index is 0. The van der Waals surface area contributed by atoms with Gasteiger partial charge in [0.2, 0.25) is 0 Å². The van der Waals surface area contributed by atoms with Gasteiger partial charge in [0.25, 0.3) is 0 Å². The monoisotopic (exact) mass is 414 g/mol. The first-order valence-electron chi connectivity index (χ1n) is 7.02. The molecule has 2 rings (SSSR count). The second-order valence-electron chi connectivity index (χ2n) is 5.56. The van der Waals surface area contributed by atoms with E-state index in [9.17, 15) is 50.4 Å². The van der Waals surface area contributed by atoms with Crippen LogP contribution in [0, 0.1) is 0 Å². The van der Waals surface area contributed by atoms with Crippen molar-refractivity contribution in [2.75, 3.05) is 0 Å². The summed E-state index contributed by atoms with van der Waals surface area (Å²) >= 11 is 0. The van der Waals surface area contributed by atoms with E-state index in [1.807, 2.05) is 0 Å². The quantitative estimate of drug-likeness (QED) is 0.235. The summed E-state index contributed by atoms with van der Waals surface area (Å²) in [4.78, 5) is 21.9. The fourth-order valence-corrected chi connectivity index (χ4v) is 2.50. The molecular weight excluding hydrogens is 398 g/mol. The Morgan fingerprint density at radius 3 is 1.70 bits per heavy atom. The van der Waals surface area contributed by atoms with E-state index in [1.165, 1.54) is 0 Å². The first-order chi connectivity index (χ1) is 11.6. The van der Waals surface area contributed by atoms with Crippen molar-refractivity contribution in [3.05, 3.63) is 0 Å². The molecular formula is C12H16Na2O13. The van der Waals surface area contributed by atoms with E-state index in [1.54, 1.807) is 0 Å². The summed E-state index contributed by atoms with van der Waals surface area (Å²) in [5, 5.41) is 79.6. The Balaban J connectivity index is 0.00000338. The van der Waals surface area contributed by atoms with Gasteiger partial charge >= 0.3 is 59.1 Å². The fraction of sp³-hybridized carbons (Fsp3) is 0.833. The summed E-state index contributed by atoms with van der Waals surface area (Å²) in [5.74, 6) is -3.92. The van der Waals surface area contributed by atoms with Crippen molar-refractivity contribution in [3.63, 3.8) is 0 Å². The average Bonchev–Trinajstić information content (AvgIpc) is 2.54. The fourth-order valence-electron chi connectivity index (χ4n) is 2.50. The Hall–Kier alpha value is 0.580. The molecule has 15 heteroatoms. The predicted molar refractivity (Wildman–Crippen MR) is 64.5 cm³/mol. The molecule has 0 bridgehead atoms. The van der Waals surface area contributed by atoms with E-state index in [0.717, 1.165) is 0 Å². The summed E-state index contributed by atoms with van der Waals surface area (Å²) in [6, 6.07) is 0. The number of ether oxygens (including phenoxy) is 3. The van der Waals surface area contributed by atoms with Crippen molar-refractivity contribution in [3.8, 4) is 0 Å². The molecule has 4 unspecified atom stereocenters. The third kappa shape index (κ3) is 5.81. The zero-order valence-electron chi connectivity index (χ0n) is 14.3. The number of aliphatic hydroxyl groups excluding tert-OH is 6. The molecule has 6 N–H and O–H groups in total. The second kappa shape index (κ2) is 11.1. The molecule has 2 fully saturated rings. The van der Waals surface area contributed by atoms with Crippen LogP contribution in [0.3, 0.4) is 0 Å². The molecule has 0 aromatic carbocycles. The third-order valence-corrected chi connectivity index (χ3v) is 3.89. The summed E-state index contributed by atoms with van der Waals surface area (Å²) in [5.41, 5.74) is 0. The maximum absolute atomic E-state index is 11.1. The number of carboxylic acids is 2. The summed E-state index contributed by atoms with van der Waals surface area (Å²) in [6.07, 6.45) is -20.6. The smallest absolute Gasteiger partial charge is 0.547 e. The number of hydrogen-bond acceptors (Lipinski definition) is 13. The maximum atomic E-state index is 11.1. The van der Waals surface area contributed by atoms with Gasteiger partial charge in [-0.25, -0.2) is 0 Å². The van der Waals surface area contributed by atoms with Crippen molar-refractivity contribution in [1.82, 2.24) is 0 Å². The Bertz CT molecular complexity index is 522. The third-order valence-electron chi connectivity index (χ3n) is 3.89. The van der Waals surface area contributed by atoms with Gasteiger partial charge < -0.3 is 64.7 Å². The molecule has 0 amide bonds. The summed E-state index contributed by atoms with van der Waals surface area (Å²) in [7, 11) is 0. The number of carboxylic acid groups (broad SMARTS) is 2. The molecule has 2 saturated heterocycles. The zero-order chi connectivity index (χ0) is 19.0.